The van der Waals surface area contributed by atoms with Crippen molar-refractivity contribution in [2.45, 2.75) is 39.8 Å². The Balaban J connectivity index is 2.41. The highest BCUT2D eigenvalue weighted by molar-refractivity contribution is 5.78. The number of benzene rings is 1. The van der Waals surface area contributed by atoms with E-state index in [2.05, 4.69) is 43.2 Å². The van der Waals surface area contributed by atoms with E-state index in [4.69, 9.17) is 4.74 Å². The van der Waals surface area contributed by atoms with Crippen molar-refractivity contribution in [3.63, 3.8) is 0 Å². The third-order valence-electron chi connectivity index (χ3n) is 3.78. The Morgan fingerprint density at radius 1 is 1.24 bits per heavy atom. The van der Waals surface area contributed by atoms with Gasteiger partial charge >= 0.3 is 0 Å². The van der Waals surface area contributed by atoms with Crippen LogP contribution in [0.1, 0.15) is 39.3 Å². The number of likely N-dealkylation sites (N-methyl/N-ethyl adjacent to an activating group) is 1. The molecule has 0 aliphatic heterocycles. The second kappa shape index (κ2) is 6.54. The van der Waals surface area contributed by atoms with E-state index in [-0.39, 0.29) is 17.6 Å². The van der Waals surface area contributed by atoms with E-state index in [1.807, 2.05) is 38.4 Å². The van der Waals surface area contributed by atoms with E-state index in [1.165, 1.54) is 10.9 Å². The zero-order valence-corrected chi connectivity index (χ0v) is 13.7. The smallest absolute Gasteiger partial charge is 0.0818 e. The van der Waals surface area contributed by atoms with Gasteiger partial charge in [-0.15, -0.1) is 0 Å². The first kappa shape index (κ1) is 15.9. The molecule has 0 saturated carbocycles. The van der Waals surface area contributed by atoms with Crippen LogP contribution in [0.5, 0.6) is 0 Å². The summed E-state index contributed by atoms with van der Waals surface area (Å²) in [6.45, 7) is 9.40. The number of ether oxygens (including phenoxy) is 1. The molecule has 114 valence electrons. The fraction of sp³-hybridized carbons (Fsp3) is 0.500. The largest absolute Gasteiger partial charge is 0.376 e. The van der Waals surface area contributed by atoms with Crippen molar-refractivity contribution in [2.24, 2.45) is 5.41 Å². The molecule has 0 bridgehead atoms. The second-order valence-corrected chi connectivity index (χ2v) is 6.47. The van der Waals surface area contributed by atoms with Gasteiger partial charge in [0.2, 0.25) is 0 Å². The standard InChI is InChI=1S/C18H26N2O/c1-6-21-17(18(2,3)4)16(19-5)14-11-13-9-7-8-10-15(13)20-12-14/h7-12,16-17,19H,6H2,1-5H3. The van der Waals surface area contributed by atoms with E-state index in [0.29, 0.717) is 6.61 Å². The lowest BCUT2D eigenvalue weighted by atomic mass is 9.82. The maximum absolute atomic E-state index is 6.04. The van der Waals surface area contributed by atoms with Crippen LogP contribution in [0.3, 0.4) is 0 Å². The Hall–Kier alpha value is -1.45. The molecular formula is C18H26N2O. The van der Waals surface area contributed by atoms with Gasteiger partial charge in [0.25, 0.3) is 0 Å². The number of hydrogen-bond donors (Lipinski definition) is 1. The molecule has 1 aromatic carbocycles. The molecule has 0 radical (unpaired) electrons. The van der Waals surface area contributed by atoms with Gasteiger partial charge < -0.3 is 10.1 Å². The summed E-state index contributed by atoms with van der Waals surface area (Å²) in [5.74, 6) is 0. The Labute approximate surface area is 127 Å². The topological polar surface area (TPSA) is 34.1 Å². The summed E-state index contributed by atoms with van der Waals surface area (Å²) >= 11 is 0. The van der Waals surface area contributed by atoms with Gasteiger partial charge in [-0.05, 0) is 37.1 Å². The van der Waals surface area contributed by atoms with Crippen LogP contribution < -0.4 is 5.32 Å². The van der Waals surface area contributed by atoms with Gasteiger partial charge in [-0.3, -0.25) is 4.98 Å². The number of fused-ring (bicyclic) bond motifs is 1. The average Bonchev–Trinajstić information content (AvgIpc) is 2.46. The number of aromatic nitrogens is 1. The number of para-hydroxylation sites is 1. The predicted molar refractivity (Wildman–Crippen MR) is 88.4 cm³/mol. The van der Waals surface area contributed by atoms with Gasteiger partial charge in [-0.25, -0.2) is 0 Å². The van der Waals surface area contributed by atoms with E-state index >= 15 is 0 Å². The molecule has 0 fully saturated rings. The lowest BCUT2D eigenvalue weighted by Crippen LogP contribution is -2.41. The van der Waals surface area contributed by atoms with Crippen LogP contribution in [0.4, 0.5) is 0 Å². The SMILES string of the molecule is CCOC(C(NC)c1cnc2ccccc2c1)C(C)(C)C. The highest BCUT2D eigenvalue weighted by Gasteiger charge is 2.33. The molecule has 2 rings (SSSR count). The quantitative estimate of drug-likeness (QED) is 0.903. The lowest BCUT2D eigenvalue weighted by molar-refractivity contribution is -0.0351. The minimum Gasteiger partial charge on any atom is -0.376 e. The van der Waals surface area contributed by atoms with Crippen molar-refractivity contribution in [3.05, 3.63) is 42.1 Å². The summed E-state index contributed by atoms with van der Waals surface area (Å²) in [5, 5.41) is 4.58. The van der Waals surface area contributed by atoms with Crippen molar-refractivity contribution in [2.75, 3.05) is 13.7 Å². The molecule has 0 saturated heterocycles. The van der Waals surface area contributed by atoms with Crippen LogP contribution in [-0.2, 0) is 4.74 Å². The zero-order chi connectivity index (χ0) is 15.5. The van der Waals surface area contributed by atoms with Gasteiger partial charge in [-0.1, -0.05) is 39.0 Å². The Kier molecular flexibility index (Phi) is 4.96. The van der Waals surface area contributed by atoms with Gasteiger partial charge in [0.15, 0.2) is 0 Å². The van der Waals surface area contributed by atoms with Crippen LogP contribution in [-0.4, -0.2) is 24.7 Å². The first-order valence-corrected chi connectivity index (χ1v) is 7.61. The zero-order valence-electron chi connectivity index (χ0n) is 13.7. The summed E-state index contributed by atoms with van der Waals surface area (Å²) in [6.07, 6.45) is 2.05. The van der Waals surface area contributed by atoms with Crippen LogP contribution in [0.2, 0.25) is 0 Å². The minimum atomic E-state index is 0.0509. The van der Waals surface area contributed by atoms with Gasteiger partial charge in [0.05, 0.1) is 17.7 Å². The van der Waals surface area contributed by atoms with E-state index < -0.39 is 0 Å². The molecule has 2 unspecified atom stereocenters. The third-order valence-corrected chi connectivity index (χ3v) is 3.78. The first-order chi connectivity index (χ1) is 9.97. The van der Waals surface area contributed by atoms with Gasteiger partial charge in [0, 0.05) is 18.2 Å². The Morgan fingerprint density at radius 3 is 2.57 bits per heavy atom. The molecule has 2 atom stereocenters. The molecule has 3 nitrogen and oxygen atoms in total. The number of pyridine rings is 1. The molecule has 0 aliphatic rings. The molecule has 1 heterocycles. The summed E-state index contributed by atoms with van der Waals surface area (Å²) in [4.78, 5) is 4.58. The van der Waals surface area contributed by atoms with Gasteiger partial charge in [0.1, 0.15) is 0 Å². The van der Waals surface area contributed by atoms with Crippen molar-refractivity contribution in [3.8, 4) is 0 Å². The van der Waals surface area contributed by atoms with Crippen LogP contribution in [0.25, 0.3) is 10.9 Å². The summed E-state index contributed by atoms with van der Waals surface area (Å²) < 4.78 is 6.04. The highest BCUT2D eigenvalue weighted by atomic mass is 16.5. The molecule has 0 spiro atoms. The van der Waals surface area contributed by atoms with Crippen LogP contribution >= 0.6 is 0 Å². The highest BCUT2D eigenvalue weighted by Crippen LogP contribution is 2.33. The summed E-state index contributed by atoms with van der Waals surface area (Å²) in [6, 6.07) is 10.5. The molecule has 1 N–H and O–H groups in total. The maximum atomic E-state index is 6.04. The molecule has 21 heavy (non-hydrogen) atoms. The lowest BCUT2D eigenvalue weighted by Gasteiger charge is -2.36. The first-order valence-electron chi connectivity index (χ1n) is 7.61. The van der Waals surface area contributed by atoms with Crippen molar-refractivity contribution in [1.29, 1.82) is 0 Å². The molecule has 1 aromatic heterocycles. The van der Waals surface area contributed by atoms with E-state index in [1.54, 1.807) is 0 Å². The van der Waals surface area contributed by atoms with Gasteiger partial charge in [-0.2, -0.15) is 0 Å². The molecular weight excluding hydrogens is 260 g/mol. The Bertz CT molecular complexity index is 589. The number of nitrogens with zero attached hydrogens (tertiary/aromatic N) is 1. The van der Waals surface area contributed by atoms with Crippen molar-refractivity contribution in [1.82, 2.24) is 10.3 Å². The fourth-order valence-corrected chi connectivity index (χ4v) is 2.78. The van der Waals surface area contributed by atoms with E-state index in [0.717, 1.165) is 5.52 Å². The van der Waals surface area contributed by atoms with Crippen LogP contribution in [0, 0.1) is 5.41 Å². The molecule has 2 aromatic rings. The summed E-state index contributed by atoms with van der Waals surface area (Å²) in [5.41, 5.74) is 2.25. The number of rotatable bonds is 5. The monoisotopic (exact) mass is 286 g/mol. The van der Waals surface area contributed by atoms with Crippen LogP contribution in [0.15, 0.2) is 36.5 Å². The predicted octanol–water partition coefficient (Wildman–Crippen LogP) is 3.95. The normalized spacial score (nSPS) is 15.1. The van der Waals surface area contributed by atoms with Crippen molar-refractivity contribution < 1.29 is 4.74 Å². The average molecular weight is 286 g/mol. The second-order valence-electron chi connectivity index (χ2n) is 6.47. The molecule has 3 heteroatoms. The number of nitrogens with one attached hydrogen (secondary N) is 1. The molecule has 0 amide bonds. The molecule has 0 aliphatic carbocycles. The van der Waals surface area contributed by atoms with Crippen molar-refractivity contribution >= 4 is 10.9 Å². The summed E-state index contributed by atoms with van der Waals surface area (Å²) in [7, 11) is 1.98. The Morgan fingerprint density at radius 2 is 1.95 bits per heavy atom. The fourth-order valence-electron chi connectivity index (χ4n) is 2.78. The third kappa shape index (κ3) is 3.60. The number of hydrogen-bond acceptors (Lipinski definition) is 3. The minimum absolute atomic E-state index is 0.0509. The van der Waals surface area contributed by atoms with E-state index in [9.17, 15) is 0 Å². The maximum Gasteiger partial charge on any atom is 0.0818 e.